The molecule has 1 amide bonds. The van der Waals surface area contributed by atoms with Crippen LogP contribution in [0, 0.1) is 5.92 Å². The molecule has 1 aliphatic rings. The molecule has 19 heavy (non-hydrogen) atoms. The van der Waals surface area contributed by atoms with Crippen LogP contribution in [0.15, 0.2) is 18.2 Å². The fourth-order valence-corrected chi connectivity index (χ4v) is 2.74. The van der Waals surface area contributed by atoms with Crippen molar-refractivity contribution in [1.82, 2.24) is 4.90 Å². The molecule has 5 heteroatoms. The maximum Gasteiger partial charge on any atom is 0.257 e. The highest BCUT2D eigenvalue weighted by Crippen LogP contribution is 2.26. The lowest BCUT2D eigenvalue weighted by Gasteiger charge is -2.35. The number of nitrogens with two attached hydrogens (primary N) is 1. The highest BCUT2D eigenvalue weighted by molar-refractivity contribution is 6.30. The molecule has 2 rings (SSSR count). The second-order valence-corrected chi connectivity index (χ2v) is 5.59. The van der Waals surface area contributed by atoms with Gasteiger partial charge in [0.1, 0.15) is 5.75 Å². The summed E-state index contributed by atoms with van der Waals surface area (Å²) in [7, 11) is 1.53. The van der Waals surface area contributed by atoms with E-state index in [1.165, 1.54) is 7.11 Å². The van der Waals surface area contributed by atoms with Gasteiger partial charge in [0.05, 0.1) is 12.7 Å². The molecule has 0 spiro atoms. The van der Waals surface area contributed by atoms with E-state index in [9.17, 15) is 4.79 Å². The van der Waals surface area contributed by atoms with Gasteiger partial charge in [-0.05, 0) is 30.5 Å². The minimum atomic E-state index is -0.0458. The van der Waals surface area contributed by atoms with Crippen LogP contribution in [0.25, 0.3) is 0 Å². The summed E-state index contributed by atoms with van der Waals surface area (Å²) in [5.74, 6) is 0.880. The molecule has 1 saturated heterocycles. The van der Waals surface area contributed by atoms with Crippen molar-refractivity contribution in [2.45, 2.75) is 19.4 Å². The van der Waals surface area contributed by atoms with Gasteiger partial charge in [-0.3, -0.25) is 4.79 Å². The van der Waals surface area contributed by atoms with E-state index in [1.54, 1.807) is 23.1 Å². The van der Waals surface area contributed by atoms with Gasteiger partial charge in [0.25, 0.3) is 5.91 Å². The van der Waals surface area contributed by atoms with Crippen molar-refractivity contribution in [3.8, 4) is 5.75 Å². The summed E-state index contributed by atoms with van der Waals surface area (Å²) in [5, 5.41) is 0.553. The Labute approximate surface area is 118 Å². The van der Waals surface area contributed by atoms with E-state index >= 15 is 0 Å². The summed E-state index contributed by atoms with van der Waals surface area (Å²) in [5.41, 5.74) is 6.52. The van der Waals surface area contributed by atoms with E-state index in [0.717, 1.165) is 13.0 Å². The Morgan fingerprint density at radius 1 is 1.47 bits per heavy atom. The SMILES string of the molecule is COc1cc(Cl)ccc1C(=O)N1CC(C)CC(N)C1. The lowest BCUT2D eigenvalue weighted by molar-refractivity contribution is 0.0657. The van der Waals surface area contributed by atoms with Crippen LogP contribution < -0.4 is 10.5 Å². The summed E-state index contributed by atoms with van der Waals surface area (Å²) in [6.07, 6.45) is 0.960. The summed E-state index contributed by atoms with van der Waals surface area (Å²) in [6.45, 7) is 3.44. The zero-order valence-electron chi connectivity index (χ0n) is 11.2. The number of carbonyl (C=O) groups is 1. The molecule has 1 aromatic carbocycles. The van der Waals surface area contributed by atoms with Gasteiger partial charge in [-0.15, -0.1) is 0 Å². The van der Waals surface area contributed by atoms with Gasteiger partial charge >= 0.3 is 0 Å². The first-order valence-electron chi connectivity index (χ1n) is 6.39. The molecule has 2 atom stereocenters. The normalized spacial score (nSPS) is 23.3. The number of nitrogens with zero attached hydrogens (tertiary/aromatic N) is 1. The Kier molecular flexibility index (Phi) is 4.32. The van der Waals surface area contributed by atoms with Crippen LogP contribution in [0.4, 0.5) is 0 Å². The molecule has 0 saturated carbocycles. The van der Waals surface area contributed by atoms with E-state index in [-0.39, 0.29) is 11.9 Å². The third-order valence-electron chi connectivity index (χ3n) is 3.37. The van der Waals surface area contributed by atoms with Gasteiger partial charge in [-0.1, -0.05) is 18.5 Å². The van der Waals surface area contributed by atoms with Crippen molar-refractivity contribution >= 4 is 17.5 Å². The minimum Gasteiger partial charge on any atom is -0.496 e. The highest BCUT2D eigenvalue weighted by atomic mass is 35.5. The fourth-order valence-electron chi connectivity index (χ4n) is 2.58. The van der Waals surface area contributed by atoms with E-state index in [0.29, 0.717) is 28.8 Å². The van der Waals surface area contributed by atoms with E-state index in [4.69, 9.17) is 22.1 Å². The number of ether oxygens (including phenoxy) is 1. The molecule has 0 bridgehead atoms. The first-order chi connectivity index (χ1) is 9.01. The molecule has 1 fully saturated rings. The van der Waals surface area contributed by atoms with E-state index in [2.05, 4.69) is 6.92 Å². The van der Waals surface area contributed by atoms with Crippen LogP contribution in [0.3, 0.4) is 0 Å². The van der Waals surface area contributed by atoms with Crippen LogP contribution in [-0.2, 0) is 0 Å². The smallest absolute Gasteiger partial charge is 0.257 e. The van der Waals surface area contributed by atoms with Gasteiger partial charge in [0, 0.05) is 24.2 Å². The molecular weight excluding hydrogens is 264 g/mol. The number of carbonyl (C=O) groups excluding carboxylic acids is 1. The number of hydrogen-bond acceptors (Lipinski definition) is 3. The predicted molar refractivity (Wildman–Crippen MR) is 75.7 cm³/mol. The van der Waals surface area contributed by atoms with Crippen LogP contribution in [-0.4, -0.2) is 37.0 Å². The number of methoxy groups -OCH3 is 1. The van der Waals surface area contributed by atoms with E-state index < -0.39 is 0 Å². The number of benzene rings is 1. The fraction of sp³-hybridized carbons (Fsp3) is 0.500. The second-order valence-electron chi connectivity index (χ2n) is 5.16. The Morgan fingerprint density at radius 2 is 2.21 bits per heavy atom. The Bertz CT molecular complexity index is 469. The quantitative estimate of drug-likeness (QED) is 0.904. The van der Waals surface area contributed by atoms with Crippen LogP contribution in [0.1, 0.15) is 23.7 Å². The zero-order valence-corrected chi connectivity index (χ0v) is 12.0. The number of hydrogen-bond donors (Lipinski definition) is 1. The third kappa shape index (κ3) is 3.19. The summed E-state index contributed by atoms with van der Waals surface area (Å²) in [6, 6.07) is 5.10. The highest BCUT2D eigenvalue weighted by Gasteiger charge is 2.27. The number of halogens is 1. The molecule has 2 unspecified atom stereocenters. The van der Waals surface area contributed by atoms with Gasteiger partial charge < -0.3 is 15.4 Å². The molecule has 4 nitrogen and oxygen atoms in total. The molecule has 0 radical (unpaired) electrons. The molecule has 1 heterocycles. The number of piperidine rings is 1. The van der Waals surface area contributed by atoms with Gasteiger partial charge in [0.2, 0.25) is 0 Å². The average molecular weight is 283 g/mol. The van der Waals surface area contributed by atoms with Crippen molar-refractivity contribution in [2.24, 2.45) is 11.7 Å². The number of amides is 1. The maximum absolute atomic E-state index is 12.5. The van der Waals surface area contributed by atoms with Crippen LogP contribution in [0.2, 0.25) is 5.02 Å². The Balaban J connectivity index is 2.24. The van der Waals surface area contributed by atoms with Gasteiger partial charge in [0.15, 0.2) is 0 Å². The summed E-state index contributed by atoms with van der Waals surface area (Å²) >= 11 is 5.91. The lowest BCUT2D eigenvalue weighted by atomic mass is 9.96. The maximum atomic E-state index is 12.5. The van der Waals surface area contributed by atoms with Crippen molar-refractivity contribution in [1.29, 1.82) is 0 Å². The van der Waals surface area contributed by atoms with E-state index in [1.807, 2.05) is 0 Å². The van der Waals surface area contributed by atoms with Crippen molar-refractivity contribution in [3.05, 3.63) is 28.8 Å². The third-order valence-corrected chi connectivity index (χ3v) is 3.61. The summed E-state index contributed by atoms with van der Waals surface area (Å²) < 4.78 is 5.23. The van der Waals surface area contributed by atoms with Crippen molar-refractivity contribution in [3.63, 3.8) is 0 Å². The standard InChI is InChI=1S/C14H19ClN2O2/c1-9-5-11(16)8-17(7-9)14(18)12-4-3-10(15)6-13(12)19-2/h3-4,6,9,11H,5,7-8,16H2,1-2H3. The first-order valence-corrected chi connectivity index (χ1v) is 6.77. The minimum absolute atomic E-state index is 0.0458. The second kappa shape index (κ2) is 5.80. The molecule has 1 aliphatic heterocycles. The lowest BCUT2D eigenvalue weighted by Crippen LogP contribution is -2.48. The average Bonchev–Trinajstić information content (AvgIpc) is 2.36. The molecule has 0 aromatic heterocycles. The van der Waals surface area contributed by atoms with Gasteiger partial charge in [-0.25, -0.2) is 0 Å². The van der Waals surface area contributed by atoms with Gasteiger partial charge in [-0.2, -0.15) is 0 Å². The van der Waals surface area contributed by atoms with Crippen molar-refractivity contribution in [2.75, 3.05) is 20.2 Å². The molecule has 104 valence electrons. The molecular formula is C14H19ClN2O2. The predicted octanol–water partition coefficient (Wildman–Crippen LogP) is 2.16. The van der Waals surface area contributed by atoms with Crippen molar-refractivity contribution < 1.29 is 9.53 Å². The number of likely N-dealkylation sites (tertiary alicyclic amines) is 1. The molecule has 2 N–H and O–H groups in total. The summed E-state index contributed by atoms with van der Waals surface area (Å²) in [4.78, 5) is 14.3. The zero-order chi connectivity index (χ0) is 14.0. The molecule has 0 aliphatic carbocycles. The van der Waals surface area contributed by atoms with Crippen LogP contribution in [0.5, 0.6) is 5.75 Å². The topological polar surface area (TPSA) is 55.6 Å². The Morgan fingerprint density at radius 3 is 2.84 bits per heavy atom. The monoisotopic (exact) mass is 282 g/mol. The van der Waals surface area contributed by atoms with Crippen LogP contribution >= 0.6 is 11.6 Å². The largest absolute Gasteiger partial charge is 0.496 e. The number of rotatable bonds is 2. The molecule has 1 aromatic rings. The first kappa shape index (κ1) is 14.2. The Hall–Kier alpha value is -1.26.